The molecule has 4 rings (SSSR count). The van der Waals surface area contributed by atoms with Crippen molar-refractivity contribution in [3.63, 3.8) is 0 Å². The number of rotatable bonds is 8. The maximum atomic E-state index is 14.8. The molecule has 182 valence electrons. The van der Waals surface area contributed by atoms with Crippen LogP contribution >= 0.6 is 0 Å². The molecule has 0 atom stereocenters. The minimum atomic E-state index is -0.559. The standard InChI is InChI=1S/C25H26FN5O4/c1-25(2,3)21-11-16(31(30-21)14-34-4)10-17(32)9-15-5-6-18(12-19(15)26)35-20-7-8-27-24-23(20)28-13-22(33)29-24/h5-8,11-13H,9-10,14H2,1-4H3,(H,27,29,33). The second-order valence-corrected chi connectivity index (χ2v) is 9.19. The van der Waals surface area contributed by atoms with Crippen molar-refractivity contribution in [2.45, 2.75) is 45.8 Å². The maximum absolute atomic E-state index is 14.8. The predicted octanol–water partition coefficient (Wildman–Crippen LogP) is 3.70. The van der Waals surface area contributed by atoms with Crippen LogP contribution in [0.25, 0.3) is 11.2 Å². The molecular formula is C25H26FN5O4. The average Bonchev–Trinajstić information content (AvgIpc) is 3.18. The molecule has 0 unspecified atom stereocenters. The summed E-state index contributed by atoms with van der Waals surface area (Å²) in [5.74, 6) is -0.164. The number of benzene rings is 1. The van der Waals surface area contributed by atoms with E-state index < -0.39 is 5.82 Å². The number of nitrogens with one attached hydrogen (secondary N) is 1. The number of aromatic amines is 1. The summed E-state index contributed by atoms with van der Waals surface area (Å²) < 4.78 is 27.5. The van der Waals surface area contributed by atoms with Crippen molar-refractivity contribution in [1.82, 2.24) is 24.7 Å². The van der Waals surface area contributed by atoms with Gasteiger partial charge in [-0.1, -0.05) is 26.8 Å². The molecule has 1 aromatic carbocycles. The van der Waals surface area contributed by atoms with Crippen LogP contribution in [0.1, 0.15) is 37.7 Å². The Balaban J connectivity index is 1.49. The number of methoxy groups -OCH3 is 1. The Morgan fingerprint density at radius 3 is 2.66 bits per heavy atom. The molecule has 0 fully saturated rings. The van der Waals surface area contributed by atoms with Crippen molar-refractivity contribution >= 4 is 16.9 Å². The third-order valence-electron chi connectivity index (χ3n) is 5.34. The van der Waals surface area contributed by atoms with Gasteiger partial charge in [0.15, 0.2) is 11.4 Å². The molecule has 4 aromatic rings. The second kappa shape index (κ2) is 9.75. The van der Waals surface area contributed by atoms with Gasteiger partial charge in [0.2, 0.25) is 0 Å². The predicted molar refractivity (Wildman–Crippen MR) is 127 cm³/mol. The smallest absolute Gasteiger partial charge is 0.268 e. The van der Waals surface area contributed by atoms with Crippen LogP contribution in [0.4, 0.5) is 4.39 Å². The first-order valence-electron chi connectivity index (χ1n) is 11.0. The number of ketones is 1. The fourth-order valence-electron chi connectivity index (χ4n) is 3.54. The quantitative estimate of drug-likeness (QED) is 0.410. The number of ether oxygens (including phenoxy) is 2. The maximum Gasteiger partial charge on any atom is 0.268 e. The van der Waals surface area contributed by atoms with Crippen LogP contribution in [0.15, 0.2) is 47.5 Å². The first kappa shape index (κ1) is 24.2. The van der Waals surface area contributed by atoms with Gasteiger partial charge >= 0.3 is 0 Å². The van der Waals surface area contributed by atoms with Crippen molar-refractivity contribution in [3.8, 4) is 11.5 Å². The lowest BCUT2D eigenvalue weighted by Crippen LogP contribution is -2.14. The zero-order chi connectivity index (χ0) is 25.2. The molecule has 1 N–H and O–H groups in total. The van der Waals surface area contributed by atoms with Crippen LogP contribution < -0.4 is 10.3 Å². The topological polar surface area (TPSA) is 112 Å². The Morgan fingerprint density at radius 2 is 1.94 bits per heavy atom. The number of pyridine rings is 1. The highest BCUT2D eigenvalue weighted by Gasteiger charge is 2.21. The highest BCUT2D eigenvalue weighted by atomic mass is 19.1. The normalized spacial score (nSPS) is 11.7. The molecule has 3 heterocycles. The summed E-state index contributed by atoms with van der Waals surface area (Å²) in [6, 6.07) is 7.78. The van der Waals surface area contributed by atoms with Crippen LogP contribution in [-0.4, -0.2) is 37.6 Å². The van der Waals surface area contributed by atoms with E-state index in [0.717, 1.165) is 17.6 Å². The Kier molecular flexibility index (Phi) is 6.74. The van der Waals surface area contributed by atoms with Gasteiger partial charge in [0.25, 0.3) is 5.56 Å². The largest absolute Gasteiger partial charge is 0.455 e. The lowest BCUT2D eigenvalue weighted by Gasteiger charge is -2.14. The van der Waals surface area contributed by atoms with E-state index in [1.807, 2.05) is 26.8 Å². The third-order valence-corrected chi connectivity index (χ3v) is 5.34. The van der Waals surface area contributed by atoms with Gasteiger partial charge in [-0.15, -0.1) is 0 Å². The molecule has 0 aliphatic rings. The SMILES string of the molecule is COCn1nc(C(C)(C)C)cc1CC(=O)Cc1ccc(Oc2ccnc3[nH]c(=O)cnc23)cc1F. The van der Waals surface area contributed by atoms with Crippen LogP contribution in [0.5, 0.6) is 11.5 Å². The minimum Gasteiger partial charge on any atom is -0.455 e. The van der Waals surface area contributed by atoms with Crippen molar-refractivity contribution in [1.29, 1.82) is 0 Å². The number of hydrogen-bond donors (Lipinski definition) is 1. The summed E-state index contributed by atoms with van der Waals surface area (Å²) in [5, 5.41) is 4.55. The number of carbonyl (C=O) groups is 1. The summed E-state index contributed by atoms with van der Waals surface area (Å²) in [7, 11) is 1.56. The van der Waals surface area contributed by atoms with E-state index >= 15 is 0 Å². The average molecular weight is 480 g/mol. The summed E-state index contributed by atoms with van der Waals surface area (Å²) in [6.07, 6.45) is 2.61. The van der Waals surface area contributed by atoms with E-state index in [1.165, 1.54) is 18.3 Å². The van der Waals surface area contributed by atoms with E-state index in [9.17, 15) is 14.0 Å². The Labute approximate surface area is 200 Å². The van der Waals surface area contributed by atoms with Gasteiger partial charge < -0.3 is 14.5 Å². The van der Waals surface area contributed by atoms with Crippen molar-refractivity contribution < 1.29 is 18.7 Å². The van der Waals surface area contributed by atoms with E-state index in [1.54, 1.807) is 23.9 Å². The number of nitrogens with zero attached hydrogens (tertiary/aromatic N) is 4. The molecular weight excluding hydrogens is 453 g/mol. The molecule has 0 amide bonds. The van der Waals surface area contributed by atoms with Crippen LogP contribution in [0.3, 0.4) is 0 Å². The van der Waals surface area contributed by atoms with E-state index in [0.29, 0.717) is 11.3 Å². The summed E-state index contributed by atoms with van der Waals surface area (Å²) >= 11 is 0. The van der Waals surface area contributed by atoms with E-state index in [4.69, 9.17) is 9.47 Å². The first-order valence-corrected chi connectivity index (χ1v) is 11.0. The van der Waals surface area contributed by atoms with Gasteiger partial charge in [0.05, 0.1) is 11.9 Å². The van der Waals surface area contributed by atoms with Crippen LogP contribution in [0, 0.1) is 5.82 Å². The fourth-order valence-corrected chi connectivity index (χ4v) is 3.54. The first-order chi connectivity index (χ1) is 16.6. The van der Waals surface area contributed by atoms with Crippen molar-refractivity contribution in [2.24, 2.45) is 0 Å². The summed E-state index contributed by atoms with van der Waals surface area (Å²) in [5.41, 5.74) is 1.88. The third kappa shape index (κ3) is 5.60. The zero-order valence-electron chi connectivity index (χ0n) is 20.0. The number of halogens is 1. The van der Waals surface area contributed by atoms with Gasteiger partial charge in [-0.25, -0.2) is 19.0 Å². The molecule has 35 heavy (non-hydrogen) atoms. The minimum absolute atomic E-state index is 0.0733. The van der Waals surface area contributed by atoms with E-state index in [2.05, 4.69) is 20.1 Å². The Bertz CT molecular complexity index is 1440. The molecule has 0 bridgehead atoms. The number of fused-ring (bicyclic) bond motifs is 1. The number of H-pyrrole nitrogens is 1. The highest BCUT2D eigenvalue weighted by Crippen LogP contribution is 2.28. The lowest BCUT2D eigenvalue weighted by atomic mass is 9.92. The van der Waals surface area contributed by atoms with Gasteiger partial charge in [0, 0.05) is 49.4 Å². The number of carbonyl (C=O) groups excluding carboxylic acids is 1. The van der Waals surface area contributed by atoms with Crippen LogP contribution in [0.2, 0.25) is 0 Å². The van der Waals surface area contributed by atoms with E-state index in [-0.39, 0.29) is 53.3 Å². The zero-order valence-corrected chi connectivity index (χ0v) is 20.0. The van der Waals surface area contributed by atoms with Crippen molar-refractivity contribution in [3.05, 3.63) is 75.8 Å². The molecule has 0 radical (unpaired) electrons. The molecule has 0 aliphatic carbocycles. The monoisotopic (exact) mass is 479 g/mol. The molecule has 0 saturated carbocycles. The molecule has 0 spiro atoms. The molecule has 10 heteroatoms. The lowest BCUT2D eigenvalue weighted by molar-refractivity contribution is -0.118. The molecule has 3 aromatic heterocycles. The second-order valence-electron chi connectivity index (χ2n) is 9.19. The van der Waals surface area contributed by atoms with Crippen molar-refractivity contribution in [2.75, 3.05) is 7.11 Å². The highest BCUT2D eigenvalue weighted by molar-refractivity contribution is 5.83. The van der Waals surface area contributed by atoms with Gasteiger partial charge in [-0.2, -0.15) is 5.10 Å². The summed E-state index contributed by atoms with van der Waals surface area (Å²) in [6.45, 7) is 6.36. The van der Waals surface area contributed by atoms with Crippen LogP contribution in [-0.2, 0) is 34.5 Å². The molecule has 0 saturated heterocycles. The molecule has 0 aliphatic heterocycles. The Hall–Kier alpha value is -3.92. The number of hydrogen-bond acceptors (Lipinski definition) is 7. The van der Waals surface area contributed by atoms with Gasteiger partial charge in [-0.05, 0) is 17.7 Å². The fraction of sp³-hybridized carbons (Fsp3) is 0.320. The Morgan fingerprint density at radius 1 is 1.14 bits per heavy atom. The molecule has 9 nitrogen and oxygen atoms in total. The number of Topliss-reactive ketones (excluding diaryl/α,β-unsaturated/α-hetero) is 1. The van der Waals surface area contributed by atoms with Gasteiger partial charge in [-0.3, -0.25) is 9.59 Å². The van der Waals surface area contributed by atoms with Gasteiger partial charge in [0.1, 0.15) is 29.6 Å². The number of aromatic nitrogens is 5. The summed E-state index contributed by atoms with van der Waals surface area (Å²) in [4.78, 5) is 34.9.